The molecule has 4 nitrogen and oxygen atoms in total. The van der Waals surface area contributed by atoms with Gasteiger partial charge in [0.25, 0.3) is 5.69 Å². The summed E-state index contributed by atoms with van der Waals surface area (Å²) in [7, 11) is 0. The van der Waals surface area contributed by atoms with Gasteiger partial charge < -0.3 is 5.32 Å². The number of halogens is 1. The molecule has 4 rings (SSSR count). The second-order valence-corrected chi connectivity index (χ2v) is 6.91. The third-order valence-corrected chi connectivity index (χ3v) is 5.57. The highest BCUT2D eigenvalue weighted by Gasteiger charge is 2.41. The minimum absolute atomic E-state index is 0.0751. The minimum Gasteiger partial charge on any atom is -0.372 e. The number of hydrogen-bond donors (Lipinski definition) is 1. The summed E-state index contributed by atoms with van der Waals surface area (Å²) in [6.07, 6.45) is 5.22. The Morgan fingerprint density at radius 1 is 1.24 bits per heavy atom. The van der Waals surface area contributed by atoms with Crippen molar-refractivity contribution in [2.75, 3.05) is 5.32 Å². The molecule has 2 aliphatic rings. The van der Waals surface area contributed by atoms with E-state index in [0.29, 0.717) is 5.69 Å². The molecular weight excluding hydrogens is 319 g/mol. The van der Waals surface area contributed by atoms with E-state index in [2.05, 4.69) is 17.5 Å². The van der Waals surface area contributed by atoms with Gasteiger partial charge in [-0.25, -0.2) is 4.39 Å². The highest BCUT2D eigenvalue weighted by molar-refractivity contribution is 5.74. The summed E-state index contributed by atoms with van der Waals surface area (Å²) in [6.45, 7) is 3.95. The van der Waals surface area contributed by atoms with Crippen LogP contribution in [0.2, 0.25) is 0 Å². The van der Waals surface area contributed by atoms with Crippen LogP contribution in [-0.4, -0.2) is 4.92 Å². The molecule has 1 heterocycles. The lowest BCUT2D eigenvalue weighted by molar-refractivity contribution is -0.384. The van der Waals surface area contributed by atoms with Gasteiger partial charge in [-0.05, 0) is 60.6 Å². The van der Waals surface area contributed by atoms with Crippen molar-refractivity contribution in [3.63, 3.8) is 0 Å². The zero-order chi connectivity index (χ0) is 17.7. The fourth-order valence-corrected chi connectivity index (χ4v) is 4.22. The fourth-order valence-electron chi connectivity index (χ4n) is 4.22. The maximum Gasteiger partial charge on any atom is 0.292 e. The van der Waals surface area contributed by atoms with E-state index < -0.39 is 0 Å². The Balaban J connectivity index is 1.90. The van der Waals surface area contributed by atoms with E-state index in [1.165, 1.54) is 12.1 Å². The smallest absolute Gasteiger partial charge is 0.292 e. The average molecular weight is 338 g/mol. The van der Waals surface area contributed by atoms with Crippen LogP contribution in [0.5, 0.6) is 0 Å². The van der Waals surface area contributed by atoms with Crippen LogP contribution in [0.1, 0.15) is 40.6 Å². The van der Waals surface area contributed by atoms with Gasteiger partial charge in [0.1, 0.15) is 11.5 Å². The quantitative estimate of drug-likeness (QED) is 0.466. The summed E-state index contributed by atoms with van der Waals surface area (Å²) in [4.78, 5) is 11.3. The lowest BCUT2D eigenvalue weighted by Gasteiger charge is -2.38. The standard InChI is InChI=1S/C20H19FN2O2/c1-11-10-17(23(24)25)20-18(12(11)2)15-4-3-5-16(15)19(22-20)13-6-8-14(21)9-7-13/h3-4,6-10,15-16,19,22H,5H2,1-2H3/t15-,16+,19+/m1/s1. The molecule has 3 atom stereocenters. The van der Waals surface area contributed by atoms with Gasteiger partial charge in [0.05, 0.1) is 11.0 Å². The van der Waals surface area contributed by atoms with Crippen molar-refractivity contribution in [2.45, 2.75) is 32.2 Å². The van der Waals surface area contributed by atoms with Gasteiger partial charge in [-0.1, -0.05) is 24.3 Å². The molecule has 0 radical (unpaired) electrons. The van der Waals surface area contributed by atoms with Gasteiger partial charge in [0.15, 0.2) is 0 Å². The zero-order valence-electron chi connectivity index (χ0n) is 14.1. The van der Waals surface area contributed by atoms with E-state index in [-0.39, 0.29) is 34.3 Å². The Hall–Kier alpha value is -2.69. The van der Waals surface area contributed by atoms with Gasteiger partial charge in [-0.15, -0.1) is 0 Å². The van der Waals surface area contributed by atoms with Crippen molar-refractivity contribution in [3.8, 4) is 0 Å². The minimum atomic E-state index is -0.320. The summed E-state index contributed by atoms with van der Waals surface area (Å²) in [6, 6.07) is 7.98. The van der Waals surface area contributed by atoms with Crippen LogP contribution in [0.4, 0.5) is 15.8 Å². The maximum absolute atomic E-state index is 13.3. The van der Waals surface area contributed by atoms with Crippen LogP contribution >= 0.6 is 0 Å². The monoisotopic (exact) mass is 338 g/mol. The van der Waals surface area contributed by atoms with Crippen LogP contribution in [0, 0.1) is 35.7 Å². The molecule has 2 aromatic rings. The Morgan fingerprint density at radius 3 is 2.64 bits per heavy atom. The number of rotatable bonds is 2. The summed E-state index contributed by atoms with van der Waals surface area (Å²) in [5.41, 5.74) is 4.75. The van der Waals surface area contributed by atoms with E-state index in [9.17, 15) is 14.5 Å². The van der Waals surface area contributed by atoms with Crippen molar-refractivity contribution in [1.29, 1.82) is 0 Å². The number of nitro benzene ring substituents is 1. The first-order chi connectivity index (χ1) is 12.0. The normalized spacial score (nSPS) is 23.7. The first kappa shape index (κ1) is 15.8. The van der Waals surface area contributed by atoms with Crippen molar-refractivity contribution in [3.05, 3.63) is 80.7 Å². The Labute approximate surface area is 145 Å². The topological polar surface area (TPSA) is 55.2 Å². The third-order valence-electron chi connectivity index (χ3n) is 5.57. The average Bonchev–Trinajstić information content (AvgIpc) is 3.07. The number of nitro groups is 1. The second-order valence-electron chi connectivity index (χ2n) is 6.91. The largest absolute Gasteiger partial charge is 0.372 e. The van der Waals surface area contributed by atoms with Crippen molar-refractivity contribution in [2.24, 2.45) is 5.92 Å². The molecule has 0 saturated carbocycles. The highest BCUT2D eigenvalue weighted by Crippen LogP contribution is 2.53. The summed E-state index contributed by atoms with van der Waals surface area (Å²) in [5.74, 6) is 0.140. The molecule has 0 fully saturated rings. The number of nitrogens with zero attached hydrogens (tertiary/aromatic N) is 1. The second kappa shape index (κ2) is 5.69. The number of anilines is 1. The van der Waals surface area contributed by atoms with Crippen molar-refractivity contribution < 1.29 is 9.31 Å². The highest BCUT2D eigenvalue weighted by atomic mass is 19.1. The SMILES string of the molecule is Cc1cc([N+](=O)[O-])c2c(c1C)[C@@H]1C=CC[C@@H]1[C@H](c1ccc(F)cc1)N2. The molecule has 1 aliphatic heterocycles. The summed E-state index contributed by atoms with van der Waals surface area (Å²) in [5, 5.41) is 15.0. The molecule has 1 N–H and O–H groups in total. The molecule has 0 aromatic heterocycles. The van der Waals surface area contributed by atoms with E-state index in [1.54, 1.807) is 18.2 Å². The molecule has 0 spiro atoms. The van der Waals surface area contributed by atoms with E-state index in [1.807, 2.05) is 13.8 Å². The molecule has 2 aromatic carbocycles. The molecule has 0 amide bonds. The Morgan fingerprint density at radius 2 is 1.96 bits per heavy atom. The van der Waals surface area contributed by atoms with Crippen molar-refractivity contribution in [1.82, 2.24) is 0 Å². The van der Waals surface area contributed by atoms with Gasteiger partial charge in [-0.2, -0.15) is 0 Å². The van der Waals surface area contributed by atoms with Crippen LogP contribution in [0.3, 0.4) is 0 Å². The lowest BCUT2D eigenvalue weighted by atomic mass is 9.74. The molecule has 1 aliphatic carbocycles. The summed E-state index contributed by atoms with van der Waals surface area (Å²) < 4.78 is 13.3. The molecule has 0 saturated heterocycles. The number of benzene rings is 2. The molecule has 5 heteroatoms. The van der Waals surface area contributed by atoms with Crippen LogP contribution < -0.4 is 5.32 Å². The molecule has 0 unspecified atom stereocenters. The van der Waals surface area contributed by atoms with E-state index in [4.69, 9.17) is 0 Å². The van der Waals surface area contributed by atoms with E-state index in [0.717, 1.165) is 28.7 Å². The van der Waals surface area contributed by atoms with Gasteiger partial charge >= 0.3 is 0 Å². The number of nitrogens with one attached hydrogen (secondary N) is 1. The van der Waals surface area contributed by atoms with Crippen molar-refractivity contribution >= 4 is 11.4 Å². The predicted molar refractivity (Wildman–Crippen MR) is 95.3 cm³/mol. The fraction of sp³-hybridized carbons (Fsp3) is 0.300. The van der Waals surface area contributed by atoms with Crippen LogP contribution in [0.25, 0.3) is 0 Å². The summed E-state index contributed by atoms with van der Waals surface area (Å²) >= 11 is 0. The van der Waals surface area contributed by atoms with Crippen LogP contribution in [0.15, 0.2) is 42.5 Å². The van der Waals surface area contributed by atoms with E-state index >= 15 is 0 Å². The predicted octanol–water partition coefficient (Wildman–Crippen LogP) is 5.18. The Bertz CT molecular complexity index is 890. The zero-order valence-corrected chi connectivity index (χ0v) is 14.1. The Kier molecular flexibility index (Phi) is 3.60. The number of fused-ring (bicyclic) bond motifs is 3. The molecular formula is C20H19FN2O2. The number of allylic oxidation sites excluding steroid dienone is 2. The maximum atomic E-state index is 13.3. The van der Waals surface area contributed by atoms with Crippen LogP contribution in [-0.2, 0) is 0 Å². The van der Waals surface area contributed by atoms with Gasteiger partial charge in [0.2, 0.25) is 0 Å². The van der Waals surface area contributed by atoms with Gasteiger partial charge in [0, 0.05) is 12.0 Å². The first-order valence-electron chi connectivity index (χ1n) is 8.44. The lowest BCUT2D eigenvalue weighted by Crippen LogP contribution is -2.30. The first-order valence-corrected chi connectivity index (χ1v) is 8.44. The molecule has 128 valence electrons. The third kappa shape index (κ3) is 2.42. The molecule has 25 heavy (non-hydrogen) atoms. The van der Waals surface area contributed by atoms with Gasteiger partial charge in [-0.3, -0.25) is 10.1 Å². The number of hydrogen-bond acceptors (Lipinski definition) is 3. The number of aryl methyl sites for hydroxylation is 1. The molecule has 0 bridgehead atoms.